The van der Waals surface area contributed by atoms with E-state index in [0.717, 1.165) is 13.0 Å². The Labute approximate surface area is 171 Å². The maximum Gasteiger partial charge on any atom is 0.0801 e. The van der Waals surface area contributed by atoms with Gasteiger partial charge in [0.2, 0.25) is 0 Å². The lowest BCUT2D eigenvalue weighted by atomic mass is 9.82. The number of hydrogen-bond acceptors (Lipinski definition) is 2. The van der Waals surface area contributed by atoms with Crippen LogP contribution in [0.15, 0.2) is 91.0 Å². The normalized spacial score (nSPS) is 24.4. The van der Waals surface area contributed by atoms with Gasteiger partial charge in [0, 0.05) is 12.5 Å². The van der Waals surface area contributed by atoms with E-state index in [1.165, 1.54) is 38.7 Å². The first kappa shape index (κ1) is 15.8. The fourth-order valence-electron chi connectivity index (χ4n) is 6.17. The molecule has 4 aromatic rings. The molecule has 0 unspecified atom stereocenters. The molecule has 3 aliphatic rings. The molecular weight excluding hydrogens is 352 g/mol. The lowest BCUT2D eigenvalue weighted by Gasteiger charge is -2.40. The zero-order chi connectivity index (χ0) is 18.9. The van der Waals surface area contributed by atoms with Gasteiger partial charge in [-0.1, -0.05) is 78.9 Å². The van der Waals surface area contributed by atoms with E-state index in [1.54, 1.807) is 0 Å². The quantitative estimate of drug-likeness (QED) is 0.402. The van der Waals surface area contributed by atoms with Crippen molar-refractivity contribution < 1.29 is 0 Å². The van der Waals surface area contributed by atoms with Crippen LogP contribution in [0.5, 0.6) is 0 Å². The van der Waals surface area contributed by atoms with E-state index >= 15 is 0 Å². The molecule has 0 N–H and O–H groups in total. The van der Waals surface area contributed by atoms with Crippen LogP contribution in [0, 0.1) is 0 Å². The summed E-state index contributed by atoms with van der Waals surface area (Å²) in [5.74, 6) is 0.456. The highest BCUT2D eigenvalue weighted by molar-refractivity contribution is 5.93. The van der Waals surface area contributed by atoms with E-state index in [4.69, 9.17) is 0 Å². The topological polar surface area (TPSA) is 6.48 Å². The van der Waals surface area contributed by atoms with Gasteiger partial charge in [-0.2, -0.15) is 0 Å². The molecule has 0 saturated carbocycles. The summed E-state index contributed by atoms with van der Waals surface area (Å²) in [6.45, 7) is 1.07. The number of benzene rings is 4. The molecule has 0 amide bonds. The molecule has 2 heteroatoms. The highest BCUT2D eigenvalue weighted by Gasteiger charge is 2.54. The summed E-state index contributed by atoms with van der Waals surface area (Å²) < 4.78 is 0. The van der Waals surface area contributed by atoms with Crippen molar-refractivity contribution in [2.75, 3.05) is 11.6 Å². The molecule has 0 bridgehead atoms. The van der Waals surface area contributed by atoms with Gasteiger partial charge in [-0.05, 0) is 51.6 Å². The van der Waals surface area contributed by atoms with Gasteiger partial charge in [0.15, 0.2) is 0 Å². The molecule has 29 heavy (non-hydrogen) atoms. The first-order valence-electron chi connectivity index (χ1n) is 10.6. The summed E-state index contributed by atoms with van der Waals surface area (Å²) in [6, 6.07) is 34.6. The van der Waals surface area contributed by atoms with Crippen LogP contribution in [-0.4, -0.2) is 11.6 Å². The maximum atomic E-state index is 2.65. The molecule has 1 aliphatic carbocycles. The van der Waals surface area contributed by atoms with Crippen LogP contribution in [0.3, 0.4) is 0 Å². The molecule has 4 aromatic carbocycles. The van der Waals surface area contributed by atoms with Gasteiger partial charge in [0.05, 0.1) is 17.8 Å². The Hall–Kier alpha value is -3.10. The Morgan fingerprint density at radius 2 is 1.34 bits per heavy atom. The summed E-state index contributed by atoms with van der Waals surface area (Å²) in [5.41, 5.74) is 7.34. The summed E-state index contributed by atoms with van der Waals surface area (Å²) in [5, 5.41) is 8.12. The molecule has 0 spiro atoms. The highest BCUT2D eigenvalue weighted by atomic mass is 15.7. The first-order valence-corrected chi connectivity index (χ1v) is 10.6. The summed E-state index contributed by atoms with van der Waals surface area (Å²) in [7, 11) is 0. The number of hydrazine groups is 1. The van der Waals surface area contributed by atoms with Gasteiger partial charge in [-0.15, -0.1) is 0 Å². The summed E-state index contributed by atoms with van der Waals surface area (Å²) >= 11 is 0. The van der Waals surface area contributed by atoms with Crippen molar-refractivity contribution >= 4 is 16.5 Å². The van der Waals surface area contributed by atoms with Crippen molar-refractivity contribution in [3.63, 3.8) is 0 Å². The van der Waals surface area contributed by atoms with Crippen LogP contribution in [0.25, 0.3) is 10.8 Å². The number of rotatable bonds is 1. The van der Waals surface area contributed by atoms with Crippen LogP contribution in [0.2, 0.25) is 0 Å². The minimum Gasteiger partial charge on any atom is -0.297 e. The van der Waals surface area contributed by atoms with Gasteiger partial charge in [0.25, 0.3) is 0 Å². The van der Waals surface area contributed by atoms with E-state index in [2.05, 4.69) is 101 Å². The van der Waals surface area contributed by atoms with E-state index in [0.29, 0.717) is 18.0 Å². The molecule has 7 rings (SSSR count). The third-order valence-electron chi connectivity index (χ3n) is 7.19. The summed E-state index contributed by atoms with van der Waals surface area (Å²) in [4.78, 5) is 0. The van der Waals surface area contributed by atoms with Crippen LogP contribution < -0.4 is 5.01 Å². The fraction of sp³-hybridized carbons (Fsp3) is 0.185. The third kappa shape index (κ3) is 2.00. The molecule has 1 fully saturated rings. The Balaban J connectivity index is 1.53. The predicted octanol–water partition coefficient (Wildman–Crippen LogP) is 6.01. The lowest BCUT2D eigenvalue weighted by molar-refractivity contribution is 0.212. The van der Waals surface area contributed by atoms with E-state index in [9.17, 15) is 0 Å². The Bertz CT molecular complexity index is 1240. The first-order chi connectivity index (χ1) is 14.4. The highest BCUT2D eigenvalue weighted by Crippen LogP contribution is 2.62. The molecule has 0 aromatic heterocycles. The van der Waals surface area contributed by atoms with Gasteiger partial charge in [0.1, 0.15) is 0 Å². The number of anilines is 1. The van der Waals surface area contributed by atoms with Crippen molar-refractivity contribution in [3.8, 4) is 0 Å². The minimum atomic E-state index is 0.356. The molecule has 2 aliphatic heterocycles. The van der Waals surface area contributed by atoms with E-state index in [-0.39, 0.29) is 0 Å². The predicted molar refractivity (Wildman–Crippen MR) is 118 cm³/mol. The van der Waals surface area contributed by atoms with Crippen molar-refractivity contribution in [2.45, 2.75) is 24.4 Å². The van der Waals surface area contributed by atoms with Crippen molar-refractivity contribution in [3.05, 3.63) is 113 Å². The molecule has 0 radical (unpaired) electrons. The van der Waals surface area contributed by atoms with Gasteiger partial charge in [-0.3, -0.25) is 5.01 Å². The second kappa shape index (κ2) is 5.71. The zero-order valence-electron chi connectivity index (χ0n) is 16.2. The average Bonchev–Trinajstić information content (AvgIpc) is 3.30. The number of hydrogen-bond donors (Lipinski definition) is 0. The third-order valence-corrected chi connectivity index (χ3v) is 7.19. The molecule has 2 heterocycles. The Kier molecular flexibility index (Phi) is 3.11. The smallest absolute Gasteiger partial charge is 0.0801 e. The van der Waals surface area contributed by atoms with Gasteiger partial charge < -0.3 is 0 Å². The summed E-state index contributed by atoms with van der Waals surface area (Å²) in [6.07, 6.45) is 1.11. The average molecular weight is 374 g/mol. The Morgan fingerprint density at radius 1 is 0.621 bits per heavy atom. The molecular formula is C27H22N2. The largest absolute Gasteiger partial charge is 0.297 e. The van der Waals surface area contributed by atoms with Crippen molar-refractivity contribution in [2.24, 2.45) is 0 Å². The van der Waals surface area contributed by atoms with Gasteiger partial charge in [-0.25, -0.2) is 5.01 Å². The monoisotopic (exact) mass is 374 g/mol. The van der Waals surface area contributed by atoms with Crippen LogP contribution in [0.1, 0.15) is 40.3 Å². The molecule has 1 saturated heterocycles. The lowest BCUT2D eigenvalue weighted by Crippen LogP contribution is -2.43. The van der Waals surface area contributed by atoms with Crippen molar-refractivity contribution in [1.82, 2.24) is 5.01 Å². The molecule has 3 atom stereocenters. The standard InChI is InChI=1S/C27H22N2/c1-2-11-20(12-3-1)29-27-23-15-7-10-19-9-6-14-22(24(19)23)25(27)26-21-13-5-4-8-18(21)16-17-28(26)29/h1-15,25-27H,16-17H2/t25-,26+,27-/m0/s1. The number of fused-ring (bicyclic) bond motifs is 7. The van der Waals surface area contributed by atoms with Gasteiger partial charge >= 0.3 is 0 Å². The minimum absolute atomic E-state index is 0.356. The van der Waals surface area contributed by atoms with Crippen LogP contribution >= 0.6 is 0 Å². The zero-order valence-corrected chi connectivity index (χ0v) is 16.2. The maximum absolute atomic E-state index is 2.65. The van der Waals surface area contributed by atoms with Crippen LogP contribution in [-0.2, 0) is 6.42 Å². The van der Waals surface area contributed by atoms with E-state index in [1.807, 2.05) is 0 Å². The van der Waals surface area contributed by atoms with Crippen molar-refractivity contribution in [1.29, 1.82) is 0 Å². The Morgan fingerprint density at radius 3 is 2.21 bits per heavy atom. The number of nitrogens with zero attached hydrogens (tertiary/aromatic N) is 2. The SMILES string of the molecule is c1ccc(N2[C@H]3c4cccc5cccc(c45)[C@H]3[C@H]3c4ccccc4CCN32)cc1. The molecule has 2 nitrogen and oxygen atoms in total. The molecule has 140 valence electrons. The van der Waals surface area contributed by atoms with E-state index < -0.39 is 0 Å². The second-order valence-electron chi connectivity index (χ2n) is 8.50. The second-order valence-corrected chi connectivity index (χ2v) is 8.50. The fourth-order valence-corrected chi connectivity index (χ4v) is 6.17. The number of para-hydroxylation sites is 1. The van der Waals surface area contributed by atoms with Crippen LogP contribution in [0.4, 0.5) is 5.69 Å².